The Bertz CT molecular complexity index is 909. The van der Waals surface area contributed by atoms with Crippen molar-refractivity contribution in [2.45, 2.75) is 190 Å². The highest BCUT2D eigenvalue weighted by Gasteiger charge is 2.50. The molecular weight excluding hydrogens is 654 g/mol. The summed E-state index contributed by atoms with van der Waals surface area (Å²) in [6.07, 6.45) is 3.14. The first-order valence-electron chi connectivity index (χ1n) is 18.9. The number of hydrogen-bond donors (Lipinski definition) is 9. The zero-order chi connectivity index (χ0) is 36.9. The summed E-state index contributed by atoms with van der Waals surface area (Å²) in [5.41, 5.74) is 0. The molecule has 0 saturated carbocycles. The molecule has 2 aliphatic heterocycles. The zero-order valence-corrected chi connectivity index (χ0v) is 30.1. The fourth-order valence-electron chi connectivity index (χ4n) is 6.23. The van der Waals surface area contributed by atoms with E-state index in [4.69, 9.17) is 18.9 Å². The van der Waals surface area contributed by atoms with Gasteiger partial charge in [-0.15, -0.1) is 0 Å². The van der Waals surface area contributed by atoms with Crippen LogP contribution in [-0.2, 0) is 23.7 Å². The second-order valence-corrected chi connectivity index (χ2v) is 13.7. The van der Waals surface area contributed by atoms with E-state index >= 15 is 0 Å². The second kappa shape index (κ2) is 25.7. The molecule has 2 rings (SSSR count). The van der Waals surface area contributed by atoms with Crippen LogP contribution in [-0.4, -0.2) is 140 Å². The maximum absolute atomic E-state index is 12.9. The maximum atomic E-state index is 12.9. The van der Waals surface area contributed by atoms with Crippen molar-refractivity contribution in [2.24, 2.45) is 0 Å². The number of aliphatic hydroxyl groups excluding tert-OH is 8. The number of ether oxygens (including phenoxy) is 4. The van der Waals surface area contributed by atoms with E-state index in [1.807, 2.05) is 6.08 Å². The lowest BCUT2D eigenvalue weighted by molar-refractivity contribution is -0.359. The van der Waals surface area contributed by atoms with Crippen LogP contribution in [0.25, 0.3) is 0 Å². The minimum atomic E-state index is -1.78. The molecule has 12 atom stereocenters. The van der Waals surface area contributed by atoms with Gasteiger partial charge in [0.05, 0.1) is 32.0 Å². The van der Waals surface area contributed by atoms with Gasteiger partial charge in [-0.2, -0.15) is 0 Å². The number of rotatable bonds is 26. The molecule has 0 aromatic heterocycles. The number of hydrogen-bond acceptors (Lipinski definition) is 13. The molecule has 0 aromatic carbocycles. The smallest absolute Gasteiger partial charge is 0.220 e. The molecule has 2 fully saturated rings. The number of amides is 1. The Morgan fingerprint density at radius 1 is 0.700 bits per heavy atom. The molecule has 2 aliphatic rings. The highest BCUT2D eigenvalue weighted by molar-refractivity contribution is 5.76. The van der Waals surface area contributed by atoms with Crippen molar-refractivity contribution >= 4 is 5.91 Å². The Hall–Kier alpha value is -1.27. The lowest BCUT2D eigenvalue weighted by Gasteiger charge is -2.46. The third-order valence-corrected chi connectivity index (χ3v) is 9.47. The molecule has 0 radical (unpaired) electrons. The van der Waals surface area contributed by atoms with Crippen LogP contribution >= 0.6 is 0 Å². The molecule has 9 N–H and O–H groups in total. The molecule has 0 aliphatic carbocycles. The quantitative estimate of drug-likeness (QED) is 0.0454. The van der Waals surface area contributed by atoms with Gasteiger partial charge < -0.3 is 65.1 Å². The Balaban J connectivity index is 2.00. The Morgan fingerprint density at radius 2 is 1.24 bits per heavy atom. The summed E-state index contributed by atoms with van der Waals surface area (Å²) in [6, 6.07) is -0.902. The summed E-state index contributed by atoms with van der Waals surface area (Å²) in [4.78, 5) is 12.9. The highest BCUT2D eigenvalue weighted by Crippen LogP contribution is 2.29. The number of aliphatic hydroxyl groups is 8. The second-order valence-electron chi connectivity index (χ2n) is 13.7. The maximum Gasteiger partial charge on any atom is 0.220 e. The monoisotopic (exact) mass is 721 g/mol. The summed E-state index contributed by atoms with van der Waals surface area (Å²) in [5.74, 6) is -0.252. The van der Waals surface area contributed by atoms with E-state index in [0.29, 0.717) is 6.42 Å². The van der Waals surface area contributed by atoms with Crippen LogP contribution in [0, 0.1) is 0 Å². The molecular formula is C36H67NO13. The van der Waals surface area contributed by atoms with Crippen LogP contribution in [0.15, 0.2) is 12.2 Å². The molecule has 12 unspecified atom stereocenters. The normalized spacial score (nSPS) is 31.6. The fourth-order valence-corrected chi connectivity index (χ4v) is 6.23. The molecule has 14 heteroatoms. The van der Waals surface area contributed by atoms with Gasteiger partial charge in [0, 0.05) is 6.42 Å². The first-order valence-corrected chi connectivity index (χ1v) is 18.9. The van der Waals surface area contributed by atoms with Gasteiger partial charge in [-0.3, -0.25) is 4.79 Å². The number of nitrogens with one attached hydrogen (secondary N) is 1. The minimum Gasteiger partial charge on any atom is -0.394 e. The first kappa shape index (κ1) is 44.9. The van der Waals surface area contributed by atoms with Gasteiger partial charge in [-0.05, 0) is 19.3 Å². The van der Waals surface area contributed by atoms with Crippen LogP contribution in [0.4, 0.5) is 0 Å². The third kappa shape index (κ3) is 15.4. The van der Waals surface area contributed by atoms with Gasteiger partial charge in [0.15, 0.2) is 12.6 Å². The van der Waals surface area contributed by atoms with Crippen molar-refractivity contribution in [1.82, 2.24) is 5.32 Å². The third-order valence-electron chi connectivity index (χ3n) is 9.47. The van der Waals surface area contributed by atoms with Gasteiger partial charge in [-0.25, -0.2) is 0 Å². The van der Waals surface area contributed by atoms with E-state index in [1.165, 1.54) is 51.4 Å². The van der Waals surface area contributed by atoms with Gasteiger partial charge in [-0.1, -0.05) is 103 Å². The predicted octanol–water partition coefficient (Wildman–Crippen LogP) is 1.31. The van der Waals surface area contributed by atoms with E-state index in [2.05, 4.69) is 19.2 Å². The standard InChI is InChI=1S/C36H67NO13/c1-3-5-7-9-11-12-14-15-17-19-25(40)24(37-28(41)20-18-16-13-10-8-6-4-2)23-47-35-33(46)31(44)34(27(22-39)49-35)50-36-32(45)30(43)29(42)26(21-38)48-36/h17,19,24-27,29-36,38-40,42-46H,3-16,18,20-23H2,1-2H3,(H,37,41)/b19-17+. The summed E-state index contributed by atoms with van der Waals surface area (Å²) < 4.78 is 22.4. The summed E-state index contributed by atoms with van der Waals surface area (Å²) >= 11 is 0. The minimum absolute atomic E-state index is 0.252. The van der Waals surface area contributed by atoms with Gasteiger partial charge >= 0.3 is 0 Å². The number of carbonyl (C=O) groups is 1. The Labute approximate surface area is 297 Å². The van der Waals surface area contributed by atoms with Gasteiger partial charge in [0.25, 0.3) is 0 Å². The number of allylic oxidation sites excluding steroid dienone is 1. The van der Waals surface area contributed by atoms with Crippen molar-refractivity contribution < 1.29 is 64.6 Å². The van der Waals surface area contributed by atoms with Crippen molar-refractivity contribution in [3.8, 4) is 0 Å². The molecule has 0 aromatic rings. The van der Waals surface area contributed by atoms with Gasteiger partial charge in [0.2, 0.25) is 5.91 Å². The van der Waals surface area contributed by atoms with Crippen LogP contribution in [0.2, 0.25) is 0 Å². The van der Waals surface area contributed by atoms with Crippen LogP contribution in [0.3, 0.4) is 0 Å². The van der Waals surface area contributed by atoms with E-state index in [0.717, 1.165) is 38.5 Å². The van der Waals surface area contributed by atoms with E-state index in [9.17, 15) is 45.6 Å². The predicted molar refractivity (Wildman–Crippen MR) is 185 cm³/mol. The Kier molecular flexibility index (Phi) is 23.0. The molecule has 294 valence electrons. The van der Waals surface area contributed by atoms with Crippen LogP contribution in [0.1, 0.15) is 117 Å². The van der Waals surface area contributed by atoms with Crippen molar-refractivity contribution in [1.29, 1.82) is 0 Å². The van der Waals surface area contributed by atoms with Crippen molar-refractivity contribution in [3.05, 3.63) is 12.2 Å². The Morgan fingerprint density at radius 3 is 1.84 bits per heavy atom. The molecule has 2 heterocycles. The van der Waals surface area contributed by atoms with E-state index < -0.39 is 86.8 Å². The number of carbonyl (C=O) groups excluding carboxylic acids is 1. The largest absolute Gasteiger partial charge is 0.394 e. The summed E-state index contributed by atoms with van der Waals surface area (Å²) in [7, 11) is 0. The average molecular weight is 722 g/mol. The van der Waals surface area contributed by atoms with Crippen LogP contribution in [0.5, 0.6) is 0 Å². The highest BCUT2D eigenvalue weighted by atomic mass is 16.7. The molecule has 2 saturated heterocycles. The summed E-state index contributed by atoms with van der Waals surface area (Å²) in [6.45, 7) is 2.64. The number of unbranched alkanes of at least 4 members (excludes halogenated alkanes) is 13. The molecule has 0 bridgehead atoms. The SMILES string of the molecule is CCCCCCCCC/C=C/C(O)C(COC1OC(CO)C(OC2OC(CO)C(O)C(O)C2O)C(O)C1O)NC(=O)CCCCCCCCC. The molecule has 0 spiro atoms. The lowest BCUT2D eigenvalue weighted by atomic mass is 9.97. The topological polar surface area (TPSA) is 228 Å². The van der Waals surface area contributed by atoms with Crippen molar-refractivity contribution in [3.63, 3.8) is 0 Å². The molecule has 1 amide bonds. The molecule has 50 heavy (non-hydrogen) atoms. The average Bonchev–Trinajstić information content (AvgIpc) is 3.11. The van der Waals surface area contributed by atoms with E-state index in [1.54, 1.807) is 6.08 Å². The van der Waals surface area contributed by atoms with Gasteiger partial charge in [0.1, 0.15) is 48.8 Å². The zero-order valence-electron chi connectivity index (χ0n) is 30.1. The summed E-state index contributed by atoms with van der Waals surface area (Å²) in [5, 5.41) is 85.7. The fraction of sp³-hybridized carbons (Fsp3) is 0.917. The van der Waals surface area contributed by atoms with Crippen molar-refractivity contribution in [2.75, 3.05) is 19.8 Å². The van der Waals surface area contributed by atoms with Crippen LogP contribution < -0.4 is 5.32 Å². The lowest BCUT2D eigenvalue weighted by Crippen LogP contribution is -2.65. The molecule has 14 nitrogen and oxygen atoms in total. The van der Waals surface area contributed by atoms with E-state index in [-0.39, 0.29) is 18.9 Å². The first-order chi connectivity index (χ1) is 24.1.